The van der Waals surface area contributed by atoms with E-state index < -0.39 is 0 Å². The van der Waals surface area contributed by atoms with Gasteiger partial charge in [0.05, 0.1) is 4.92 Å². The molecule has 2 N–H and O–H groups in total. The largest absolute Gasteiger partial charge is 0.327 e. The number of nitro groups is 1. The van der Waals surface area contributed by atoms with Crippen LogP contribution in [0.4, 0.5) is 5.69 Å². The summed E-state index contributed by atoms with van der Waals surface area (Å²) in [7, 11) is 0. The predicted octanol–water partition coefficient (Wildman–Crippen LogP) is 3.02. The number of nitrogens with zero attached hydrogens (tertiary/aromatic N) is 2. The molecule has 3 unspecified atom stereocenters. The van der Waals surface area contributed by atoms with Crippen molar-refractivity contribution in [2.45, 2.75) is 45.7 Å². The molecule has 0 spiro atoms. The second-order valence-electron chi connectivity index (χ2n) is 6.09. The van der Waals surface area contributed by atoms with E-state index in [2.05, 4.69) is 18.7 Å². The van der Waals surface area contributed by atoms with Crippen molar-refractivity contribution < 1.29 is 4.92 Å². The maximum absolute atomic E-state index is 11.1. The Morgan fingerprint density at radius 1 is 1.52 bits per heavy atom. The van der Waals surface area contributed by atoms with Crippen LogP contribution in [0.25, 0.3) is 0 Å². The van der Waals surface area contributed by atoms with Gasteiger partial charge in [-0.05, 0) is 31.7 Å². The SMILES string of the molecule is CCC1CN(C(C)c2ccc(C)c([N+](=O)[O-])c2)CCC1N. The number of benzene rings is 1. The van der Waals surface area contributed by atoms with Crippen LogP contribution in [-0.4, -0.2) is 29.0 Å². The Labute approximate surface area is 126 Å². The minimum Gasteiger partial charge on any atom is -0.327 e. The molecule has 1 aliphatic heterocycles. The summed E-state index contributed by atoms with van der Waals surface area (Å²) in [5, 5.41) is 11.1. The first-order chi connectivity index (χ1) is 9.93. The summed E-state index contributed by atoms with van der Waals surface area (Å²) in [4.78, 5) is 13.2. The summed E-state index contributed by atoms with van der Waals surface area (Å²) < 4.78 is 0. The van der Waals surface area contributed by atoms with Gasteiger partial charge in [-0.25, -0.2) is 0 Å². The van der Waals surface area contributed by atoms with Gasteiger partial charge in [-0.15, -0.1) is 0 Å². The Morgan fingerprint density at radius 2 is 2.24 bits per heavy atom. The zero-order valence-electron chi connectivity index (χ0n) is 13.1. The highest BCUT2D eigenvalue weighted by Crippen LogP contribution is 2.30. The molecule has 21 heavy (non-hydrogen) atoms. The predicted molar refractivity (Wildman–Crippen MR) is 84.2 cm³/mol. The molecule has 0 saturated carbocycles. The van der Waals surface area contributed by atoms with E-state index in [1.54, 1.807) is 13.0 Å². The molecule has 5 nitrogen and oxygen atoms in total. The van der Waals surface area contributed by atoms with Crippen molar-refractivity contribution >= 4 is 5.69 Å². The first-order valence-electron chi connectivity index (χ1n) is 7.68. The standard InChI is InChI=1S/C16H25N3O2/c1-4-13-10-18(8-7-15(13)17)12(3)14-6-5-11(2)16(9-14)19(20)21/h5-6,9,12-13,15H,4,7-8,10,17H2,1-3H3. The average Bonchev–Trinajstić information content (AvgIpc) is 2.47. The van der Waals surface area contributed by atoms with E-state index in [0.29, 0.717) is 11.5 Å². The topological polar surface area (TPSA) is 72.4 Å². The van der Waals surface area contributed by atoms with Crippen molar-refractivity contribution in [1.82, 2.24) is 4.90 Å². The van der Waals surface area contributed by atoms with Gasteiger partial charge in [0.25, 0.3) is 5.69 Å². The van der Waals surface area contributed by atoms with E-state index in [-0.39, 0.29) is 22.7 Å². The second kappa shape index (κ2) is 6.54. The molecule has 2 rings (SSSR count). The number of piperidine rings is 1. The van der Waals surface area contributed by atoms with Gasteiger partial charge >= 0.3 is 0 Å². The van der Waals surface area contributed by atoms with Crippen LogP contribution in [0, 0.1) is 23.0 Å². The van der Waals surface area contributed by atoms with Crippen molar-refractivity contribution in [3.63, 3.8) is 0 Å². The second-order valence-corrected chi connectivity index (χ2v) is 6.09. The fourth-order valence-corrected chi connectivity index (χ4v) is 3.16. The molecule has 5 heteroatoms. The van der Waals surface area contributed by atoms with Gasteiger partial charge in [0, 0.05) is 36.8 Å². The van der Waals surface area contributed by atoms with Crippen LogP contribution < -0.4 is 5.73 Å². The molecule has 1 fully saturated rings. The van der Waals surface area contributed by atoms with E-state index in [9.17, 15) is 10.1 Å². The molecule has 0 bridgehead atoms. The molecule has 0 aliphatic carbocycles. The molecule has 0 aromatic heterocycles. The van der Waals surface area contributed by atoms with E-state index >= 15 is 0 Å². The Hall–Kier alpha value is -1.46. The normalized spacial score (nSPS) is 24.8. The van der Waals surface area contributed by atoms with E-state index in [1.165, 1.54) is 0 Å². The fourth-order valence-electron chi connectivity index (χ4n) is 3.16. The fraction of sp³-hybridized carbons (Fsp3) is 0.625. The summed E-state index contributed by atoms with van der Waals surface area (Å²) in [5.74, 6) is 0.515. The van der Waals surface area contributed by atoms with Gasteiger partial charge in [0.1, 0.15) is 0 Å². The van der Waals surface area contributed by atoms with Crippen LogP contribution in [0.1, 0.15) is 43.9 Å². The highest BCUT2D eigenvalue weighted by atomic mass is 16.6. The van der Waals surface area contributed by atoms with Crippen LogP contribution in [-0.2, 0) is 0 Å². The van der Waals surface area contributed by atoms with E-state index in [4.69, 9.17) is 5.73 Å². The average molecular weight is 291 g/mol. The third-order valence-electron chi connectivity index (χ3n) is 4.81. The lowest BCUT2D eigenvalue weighted by Crippen LogP contribution is -2.47. The molecule has 1 saturated heterocycles. The third kappa shape index (κ3) is 3.41. The molecule has 1 aliphatic rings. The number of rotatable bonds is 4. The number of nitro benzene ring substituents is 1. The summed E-state index contributed by atoms with van der Waals surface area (Å²) in [6, 6.07) is 6.03. The first-order valence-corrected chi connectivity index (χ1v) is 7.68. The summed E-state index contributed by atoms with van der Waals surface area (Å²) in [6.07, 6.45) is 2.08. The van der Waals surface area contributed by atoms with Gasteiger partial charge in [-0.2, -0.15) is 0 Å². The number of hydrogen-bond donors (Lipinski definition) is 1. The molecule has 3 atom stereocenters. The maximum Gasteiger partial charge on any atom is 0.272 e. The molecule has 116 valence electrons. The first kappa shape index (κ1) is 15.9. The Kier molecular flexibility index (Phi) is 4.96. The highest BCUT2D eigenvalue weighted by molar-refractivity contribution is 5.43. The Bertz CT molecular complexity index is 518. The molecule has 0 amide bonds. The Balaban J connectivity index is 2.18. The number of nitrogens with two attached hydrogens (primary N) is 1. The lowest BCUT2D eigenvalue weighted by atomic mass is 9.89. The van der Waals surface area contributed by atoms with Gasteiger partial charge < -0.3 is 5.73 Å². The van der Waals surface area contributed by atoms with Crippen molar-refractivity contribution in [2.75, 3.05) is 13.1 Å². The van der Waals surface area contributed by atoms with Crippen LogP contribution in [0.5, 0.6) is 0 Å². The number of aryl methyl sites for hydroxylation is 1. The van der Waals surface area contributed by atoms with Crippen LogP contribution >= 0.6 is 0 Å². The lowest BCUT2D eigenvalue weighted by molar-refractivity contribution is -0.385. The molecule has 0 radical (unpaired) electrons. The van der Waals surface area contributed by atoms with Gasteiger partial charge in [0.15, 0.2) is 0 Å². The van der Waals surface area contributed by atoms with Crippen LogP contribution in [0.15, 0.2) is 18.2 Å². The smallest absolute Gasteiger partial charge is 0.272 e. The summed E-state index contributed by atoms with van der Waals surface area (Å²) >= 11 is 0. The number of likely N-dealkylation sites (tertiary alicyclic amines) is 1. The molecule has 1 aromatic rings. The highest BCUT2D eigenvalue weighted by Gasteiger charge is 2.29. The quantitative estimate of drug-likeness (QED) is 0.683. The van der Waals surface area contributed by atoms with Gasteiger partial charge in [-0.3, -0.25) is 15.0 Å². The monoisotopic (exact) mass is 291 g/mol. The van der Waals surface area contributed by atoms with Crippen molar-refractivity contribution in [3.05, 3.63) is 39.4 Å². The molecular weight excluding hydrogens is 266 g/mol. The minimum atomic E-state index is -0.299. The van der Waals surface area contributed by atoms with Crippen molar-refractivity contribution in [3.8, 4) is 0 Å². The maximum atomic E-state index is 11.1. The Morgan fingerprint density at radius 3 is 2.86 bits per heavy atom. The zero-order valence-corrected chi connectivity index (χ0v) is 13.1. The molecular formula is C16H25N3O2. The van der Waals surface area contributed by atoms with Crippen molar-refractivity contribution in [1.29, 1.82) is 0 Å². The lowest BCUT2D eigenvalue weighted by Gasteiger charge is -2.40. The number of hydrogen-bond acceptors (Lipinski definition) is 4. The summed E-state index contributed by atoms with van der Waals surface area (Å²) in [5.41, 5.74) is 8.09. The van der Waals surface area contributed by atoms with Crippen LogP contribution in [0.2, 0.25) is 0 Å². The molecule has 1 aromatic carbocycles. The summed E-state index contributed by atoms with van der Waals surface area (Å²) in [6.45, 7) is 8.01. The van der Waals surface area contributed by atoms with E-state index in [1.807, 2.05) is 12.1 Å². The molecule has 1 heterocycles. The van der Waals surface area contributed by atoms with Gasteiger partial charge in [-0.1, -0.05) is 25.5 Å². The van der Waals surface area contributed by atoms with Crippen LogP contribution in [0.3, 0.4) is 0 Å². The third-order valence-corrected chi connectivity index (χ3v) is 4.81. The van der Waals surface area contributed by atoms with E-state index in [0.717, 1.165) is 31.5 Å². The zero-order chi connectivity index (χ0) is 15.6. The van der Waals surface area contributed by atoms with Gasteiger partial charge in [0.2, 0.25) is 0 Å². The van der Waals surface area contributed by atoms with Crippen molar-refractivity contribution in [2.24, 2.45) is 11.7 Å². The minimum absolute atomic E-state index is 0.186.